The van der Waals surface area contributed by atoms with Gasteiger partial charge in [0.2, 0.25) is 5.91 Å². The fourth-order valence-electron chi connectivity index (χ4n) is 3.73. The van der Waals surface area contributed by atoms with Crippen LogP contribution in [0.1, 0.15) is 24.5 Å². The second-order valence-electron chi connectivity index (χ2n) is 7.74. The molecule has 0 spiro atoms. The highest BCUT2D eigenvalue weighted by atomic mass is 35.5. The number of amides is 1. The van der Waals surface area contributed by atoms with Gasteiger partial charge in [0.15, 0.2) is 17.9 Å². The Morgan fingerprint density at radius 2 is 2.11 bits per heavy atom. The van der Waals surface area contributed by atoms with Gasteiger partial charge in [-0.25, -0.2) is 4.98 Å². The van der Waals surface area contributed by atoms with Crippen molar-refractivity contribution in [1.29, 1.82) is 0 Å². The molecule has 0 fully saturated rings. The normalized spacial score (nSPS) is 14.7. The Labute approximate surface area is 234 Å². The molecule has 0 unspecified atom stereocenters. The predicted octanol–water partition coefficient (Wildman–Crippen LogP) is 0.536. The lowest BCUT2D eigenvalue weighted by molar-refractivity contribution is -0.685. The number of thioether (sulfide) groups is 1. The lowest BCUT2D eigenvalue weighted by atomic mass is 10.3. The van der Waals surface area contributed by atoms with E-state index in [4.69, 9.17) is 11.6 Å². The summed E-state index contributed by atoms with van der Waals surface area (Å²) in [5.41, 5.74) is 1.93. The molecule has 1 aliphatic rings. The fourth-order valence-corrected chi connectivity index (χ4v) is 8.06. The topological polar surface area (TPSA) is 71.1 Å². The van der Waals surface area contributed by atoms with Crippen LogP contribution in [0.25, 0.3) is 11.1 Å². The number of fused-ring (bicyclic) bond motifs is 1. The van der Waals surface area contributed by atoms with Crippen molar-refractivity contribution in [3.8, 4) is 0 Å². The van der Waals surface area contributed by atoms with Gasteiger partial charge in [0.25, 0.3) is 10.6 Å². The van der Waals surface area contributed by atoms with E-state index in [1.54, 1.807) is 23.1 Å². The van der Waals surface area contributed by atoms with Crippen LogP contribution < -0.4 is 41.9 Å². The van der Waals surface area contributed by atoms with Crippen molar-refractivity contribution in [2.45, 2.75) is 31.8 Å². The summed E-state index contributed by atoms with van der Waals surface area (Å²) in [6.45, 7) is 4.62. The minimum atomic E-state index is -0.135. The molecule has 4 heterocycles. The van der Waals surface area contributed by atoms with Gasteiger partial charge in [-0.1, -0.05) is 34.7 Å². The van der Waals surface area contributed by atoms with Crippen LogP contribution in [-0.4, -0.2) is 22.5 Å². The first kappa shape index (κ1) is 26.9. The van der Waals surface area contributed by atoms with Crippen LogP contribution in [0, 0.1) is 0 Å². The summed E-state index contributed by atoms with van der Waals surface area (Å²) in [6, 6.07) is 5.80. The number of hydrogen-bond donors (Lipinski definition) is 1. The molecule has 1 aliphatic heterocycles. The zero-order valence-corrected chi connectivity index (χ0v) is 24.2. The third-order valence-corrected chi connectivity index (χ3v) is 9.70. The van der Waals surface area contributed by atoms with E-state index in [2.05, 4.69) is 25.8 Å². The van der Waals surface area contributed by atoms with E-state index in [1.807, 2.05) is 53.7 Å². The van der Waals surface area contributed by atoms with Gasteiger partial charge in [-0.2, -0.15) is 4.57 Å². The number of hydrogen-bond acceptors (Lipinski definition) is 8. The average molecular weight is 599 g/mol. The van der Waals surface area contributed by atoms with E-state index in [0.717, 1.165) is 35.5 Å². The van der Waals surface area contributed by atoms with Crippen molar-refractivity contribution in [3.05, 3.63) is 70.4 Å². The third kappa shape index (κ3) is 5.27. The average Bonchev–Trinajstić information content (AvgIpc) is 3.57. The highest BCUT2D eigenvalue weighted by Gasteiger charge is 2.25. The molecule has 7 nitrogen and oxygen atoms in total. The third-order valence-electron chi connectivity index (χ3n) is 5.34. The Hall–Kier alpha value is -2.15. The largest absolute Gasteiger partial charge is 1.00 e. The van der Waals surface area contributed by atoms with E-state index >= 15 is 0 Å². The summed E-state index contributed by atoms with van der Waals surface area (Å²) in [7, 11) is 1.98. The van der Waals surface area contributed by atoms with Crippen LogP contribution in [0.15, 0.2) is 44.8 Å². The van der Waals surface area contributed by atoms with Crippen LogP contribution in [0.3, 0.4) is 0 Å². The van der Waals surface area contributed by atoms with Gasteiger partial charge in [0.1, 0.15) is 19.9 Å². The number of aromatic nitrogens is 3. The predicted molar refractivity (Wildman–Crippen MR) is 146 cm³/mol. The molecule has 13 heteroatoms. The lowest BCUT2D eigenvalue weighted by Crippen LogP contribution is -3.00. The standard InChI is InChI=1S/C23H20ClN5O2S4.ClH/c1-4-29-19(10-18-28(7-8-32-18)11-15-12-33-23(26-15)25-13(2)30)35-20(21(29)31)22-27(3)16-6-5-14(24)9-17(16)34-22;/h5-10,12H,4,11H2,1-3H3;1H/b22-20+;. The monoisotopic (exact) mass is 597 g/mol. The molecule has 1 aromatic carbocycles. The highest BCUT2D eigenvalue weighted by Crippen LogP contribution is 2.46. The molecule has 0 radical (unpaired) electrons. The number of carbonyl (C=O) groups excluding carboxylic acids is 1. The van der Waals surface area contributed by atoms with Crippen molar-refractivity contribution in [1.82, 2.24) is 9.55 Å². The Morgan fingerprint density at radius 3 is 2.86 bits per heavy atom. The summed E-state index contributed by atoms with van der Waals surface area (Å²) in [4.78, 5) is 32.3. The number of carbonyl (C=O) groups is 1. The summed E-state index contributed by atoms with van der Waals surface area (Å²) < 4.78 is 5.54. The van der Waals surface area contributed by atoms with Crippen LogP contribution in [0.2, 0.25) is 5.02 Å². The Bertz CT molecular complexity index is 1620. The molecule has 0 bridgehead atoms. The highest BCUT2D eigenvalue weighted by molar-refractivity contribution is 8.08. The first-order valence-electron chi connectivity index (χ1n) is 10.7. The first-order valence-corrected chi connectivity index (χ1v) is 14.5. The number of nitrogens with one attached hydrogen (secondary N) is 1. The molecule has 5 rings (SSSR count). The van der Waals surface area contributed by atoms with Gasteiger partial charge in [-0.05, 0) is 25.1 Å². The molecule has 188 valence electrons. The summed E-state index contributed by atoms with van der Waals surface area (Å²) in [6.07, 6.45) is 4.07. The van der Waals surface area contributed by atoms with Crippen molar-refractivity contribution in [2.75, 3.05) is 17.3 Å². The van der Waals surface area contributed by atoms with Gasteiger partial charge in [0.05, 0.1) is 17.1 Å². The van der Waals surface area contributed by atoms with E-state index in [9.17, 15) is 9.59 Å². The molecule has 36 heavy (non-hydrogen) atoms. The van der Waals surface area contributed by atoms with Crippen molar-refractivity contribution in [2.24, 2.45) is 0 Å². The molecular weight excluding hydrogens is 577 g/mol. The summed E-state index contributed by atoms with van der Waals surface area (Å²) >= 11 is 12.3. The lowest BCUT2D eigenvalue weighted by Gasteiger charge is -2.12. The van der Waals surface area contributed by atoms with Gasteiger partial charge in [0, 0.05) is 35.8 Å². The fraction of sp³-hybridized carbons (Fsp3) is 0.217. The number of rotatable bonds is 5. The molecule has 0 aliphatic carbocycles. The molecular formula is C23H21Cl2N5O2S4. The van der Waals surface area contributed by atoms with Gasteiger partial charge in [-0.3, -0.25) is 14.2 Å². The number of thiazole rings is 3. The maximum absolute atomic E-state index is 13.4. The molecule has 0 saturated heterocycles. The Balaban J connectivity index is 0.00000304. The maximum Gasteiger partial charge on any atom is 0.271 e. The maximum atomic E-state index is 13.4. The van der Waals surface area contributed by atoms with Crippen molar-refractivity contribution >= 4 is 85.2 Å². The van der Waals surface area contributed by atoms with Gasteiger partial charge >= 0.3 is 0 Å². The van der Waals surface area contributed by atoms with Crippen LogP contribution >= 0.6 is 57.4 Å². The van der Waals surface area contributed by atoms with Crippen molar-refractivity contribution in [3.63, 3.8) is 0 Å². The second-order valence-corrected chi connectivity index (χ2v) is 12.0. The van der Waals surface area contributed by atoms with E-state index in [1.165, 1.54) is 29.6 Å². The van der Waals surface area contributed by atoms with Crippen LogP contribution in [0.4, 0.5) is 10.8 Å². The van der Waals surface area contributed by atoms with E-state index in [0.29, 0.717) is 23.2 Å². The molecule has 1 N–H and O–H groups in total. The van der Waals surface area contributed by atoms with E-state index in [-0.39, 0.29) is 23.9 Å². The molecule has 0 saturated carbocycles. The van der Waals surface area contributed by atoms with Gasteiger partial charge < -0.3 is 22.6 Å². The molecule has 1 amide bonds. The number of benzene rings is 1. The smallest absolute Gasteiger partial charge is 0.271 e. The van der Waals surface area contributed by atoms with E-state index < -0.39 is 0 Å². The van der Waals surface area contributed by atoms with Gasteiger partial charge in [-0.15, -0.1) is 22.7 Å². The Kier molecular flexibility index (Phi) is 8.28. The molecule has 4 aromatic rings. The number of anilines is 2. The molecule has 0 atom stereocenters. The zero-order chi connectivity index (χ0) is 24.7. The van der Waals surface area contributed by atoms with Crippen LogP contribution in [0.5, 0.6) is 0 Å². The summed E-state index contributed by atoms with van der Waals surface area (Å²) in [5, 5.41) is 9.90. The minimum absolute atomic E-state index is 0. The quantitative estimate of drug-likeness (QED) is 0.340. The van der Waals surface area contributed by atoms with Crippen molar-refractivity contribution < 1.29 is 21.8 Å². The summed E-state index contributed by atoms with van der Waals surface area (Å²) in [5.74, 6) is -0.135. The Morgan fingerprint density at radius 1 is 1.31 bits per heavy atom. The minimum Gasteiger partial charge on any atom is -1.00 e. The first-order chi connectivity index (χ1) is 16.8. The van der Waals surface area contributed by atoms with Crippen LogP contribution in [-0.2, 0) is 17.9 Å². The molecule has 3 aromatic heterocycles. The SMILES string of the molecule is CCn1c(=O)/c(=C2\Sc3cc(Cl)ccc3N2C)s/c1=C\c1scc[n+]1Cc1csc(NC(C)=O)n1.[Cl-]. The second kappa shape index (κ2) is 11.1. The number of nitrogens with zero attached hydrogens (tertiary/aromatic N) is 4. The zero-order valence-electron chi connectivity index (χ0n) is 19.4. The number of halogens is 2.